The lowest BCUT2D eigenvalue weighted by molar-refractivity contribution is -0.136. The largest absolute Gasteiger partial charge is 0.457 e. The van der Waals surface area contributed by atoms with Crippen LogP contribution in [0, 0.1) is 5.92 Å². The van der Waals surface area contributed by atoms with Gasteiger partial charge in [-0.3, -0.25) is 96.1 Å². The Morgan fingerprint density at radius 3 is 0.425 bits per heavy atom. The van der Waals surface area contributed by atoms with Gasteiger partial charge in [0.2, 0.25) is 0 Å². The summed E-state index contributed by atoms with van der Waals surface area (Å²) in [5, 5.41) is 0. The molecular weight excluding hydrogens is 1850 g/mol. The zero-order valence-electron chi connectivity index (χ0n) is 84.7. The van der Waals surface area contributed by atoms with Gasteiger partial charge in [0.25, 0.3) is 106 Å². The molecule has 0 saturated heterocycles. The first-order valence-corrected chi connectivity index (χ1v) is 47.1. The van der Waals surface area contributed by atoms with Crippen molar-refractivity contribution in [2.24, 2.45) is 5.92 Å². The molecule has 754 valence electrons. The number of amides is 18. The van der Waals surface area contributed by atoms with E-state index in [1.54, 1.807) is 170 Å². The van der Waals surface area contributed by atoms with Crippen LogP contribution in [0.25, 0.3) is 0 Å². The number of hydrogen-bond donors (Lipinski definition) is 0. The molecule has 0 aromatic heterocycles. The van der Waals surface area contributed by atoms with Crippen LogP contribution < -0.4 is 43.8 Å². The minimum absolute atomic E-state index is 0.241. The molecule has 10 aromatic rings. The van der Waals surface area contributed by atoms with Gasteiger partial charge in [-0.05, 0) is 151 Å². The molecule has 9 heterocycles. The third-order valence-corrected chi connectivity index (χ3v) is 19.3. The molecule has 0 bridgehead atoms. The standard InChI is InChI=1S/C35H26N2O6.5C10H7NO2.C6H6.2C5H5NO2.C4H10.2C3H8.3C2H6/c1-35(2,23-3-11-27(12-4-23)42-29-15-7-25(8-16-29)36-31(38)19-20-32(36)39)24-5-13-28(14-6-24)43-30-17-9-26(10-18-30)37-33(40)21-22-34(37)41;5*12-9-6-7-10(13)11(9)8-4-2-1-3-5-8;1-2-4-6-5-3-1;2*1-6-4(7)2-3-5(6)8;1-4(2)3;2*1-3-2;3*1-2/h3-22H,1-2H3;5*1-7H;1-6H;2*2-3H,1H3;4H,1-3H3;2*3H2,1-2H3;3*1-2H3. The molecule has 146 heavy (non-hydrogen) atoms. The maximum Gasteiger partial charge on any atom is 0.258 e. The lowest BCUT2D eigenvalue weighted by Gasteiger charge is -2.26. The van der Waals surface area contributed by atoms with Crippen LogP contribution in [-0.4, -0.2) is 130 Å². The van der Waals surface area contributed by atoms with E-state index in [1.807, 2.05) is 157 Å². The van der Waals surface area contributed by atoms with E-state index in [0.717, 1.165) is 61.1 Å². The van der Waals surface area contributed by atoms with E-state index in [2.05, 4.69) is 62.3 Å². The number of ether oxygens (including phenoxy) is 2. The van der Waals surface area contributed by atoms with E-state index in [1.165, 1.54) is 136 Å². The molecule has 10 aromatic carbocycles. The molecule has 18 amide bonds. The van der Waals surface area contributed by atoms with Crippen molar-refractivity contribution in [1.29, 1.82) is 0 Å². The SMILES string of the molecule is CC.CC.CC.CC(C)(c1ccc(Oc2ccc(N3C(=O)C=CC3=O)cc2)cc1)c1ccc(Oc2ccc(N3C(=O)C=CC3=O)cc2)cc1.CC(C)C.CCC.CCC.CN1C(=O)C=CC1=O.CN1C(=O)C=CC1=O.O=C1C=CC(=O)N1c1ccccc1.O=C1C=CC(=O)N1c1ccccc1.O=C1C=CC(=O)N1c1ccccc1.O=C1C=CC(=O)N1c1ccccc1.O=C1C=CC(=O)N1c1ccccc1.c1ccccc1. The fourth-order valence-electron chi connectivity index (χ4n) is 12.4. The Labute approximate surface area is 852 Å². The average Bonchev–Trinajstić information content (AvgIpc) is 1.24. The Morgan fingerprint density at radius 2 is 0.301 bits per heavy atom. The van der Waals surface area contributed by atoms with Gasteiger partial charge in [0, 0.05) is 129 Å². The topological polar surface area (TPSA) is 355 Å². The quantitative estimate of drug-likeness (QED) is 0.0968. The molecule has 19 rings (SSSR count). The van der Waals surface area contributed by atoms with Gasteiger partial charge in [0.1, 0.15) is 23.0 Å². The van der Waals surface area contributed by atoms with Gasteiger partial charge >= 0.3 is 0 Å². The minimum Gasteiger partial charge on any atom is -0.457 e. The van der Waals surface area contributed by atoms with E-state index >= 15 is 0 Å². The molecule has 9 aliphatic rings. The van der Waals surface area contributed by atoms with Crippen LogP contribution in [0.2, 0.25) is 0 Å². The summed E-state index contributed by atoms with van der Waals surface area (Å²) in [6.07, 6.45) is 25.3. The molecule has 0 saturated carbocycles. The van der Waals surface area contributed by atoms with Gasteiger partial charge in [-0.15, -0.1) is 0 Å². The number of nitrogens with zero attached hydrogens (tertiary/aromatic N) is 9. The van der Waals surface area contributed by atoms with E-state index in [4.69, 9.17) is 9.47 Å². The van der Waals surface area contributed by atoms with Crippen molar-refractivity contribution in [3.8, 4) is 23.0 Å². The minimum atomic E-state index is -0.362. The summed E-state index contributed by atoms with van der Waals surface area (Å²) < 4.78 is 12.0. The number of carbonyl (C=O) groups is 18. The Balaban J connectivity index is 0.000000305. The Hall–Kier alpha value is -18.3. The molecule has 29 heteroatoms. The highest BCUT2D eigenvalue weighted by molar-refractivity contribution is 6.32. The van der Waals surface area contributed by atoms with Gasteiger partial charge in [0.05, 0.1) is 39.8 Å². The predicted octanol–water partition coefficient (Wildman–Crippen LogP) is 20.4. The van der Waals surface area contributed by atoms with Crippen molar-refractivity contribution in [1.82, 2.24) is 9.80 Å². The van der Waals surface area contributed by atoms with Crippen LogP contribution in [0.15, 0.2) is 394 Å². The lowest BCUT2D eigenvalue weighted by atomic mass is 9.78. The zero-order valence-corrected chi connectivity index (χ0v) is 84.7. The van der Waals surface area contributed by atoms with Crippen molar-refractivity contribution in [2.75, 3.05) is 48.4 Å². The summed E-state index contributed by atoms with van der Waals surface area (Å²) in [6, 6.07) is 85.6. The van der Waals surface area contributed by atoms with Crippen LogP contribution in [0.4, 0.5) is 39.8 Å². The Kier molecular flexibility index (Phi) is 50.2. The van der Waals surface area contributed by atoms with Gasteiger partial charge in [-0.25, -0.2) is 34.3 Å². The fraction of sp³-hybridized carbons (Fsp3) is 0.179. The van der Waals surface area contributed by atoms with Gasteiger partial charge in [-0.2, -0.15) is 0 Å². The number of para-hydroxylation sites is 5. The van der Waals surface area contributed by atoms with Gasteiger partial charge in [0.15, 0.2) is 0 Å². The Bertz CT molecular complexity index is 5600. The smallest absolute Gasteiger partial charge is 0.258 e. The number of benzene rings is 10. The van der Waals surface area contributed by atoms with E-state index in [0.29, 0.717) is 62.8 Å². The van der Waals surface area contributed by atoms with Gasteiger partial charge in [-0.1, -0.05) is 268 Å². The van der Waals surface area contributed by atoms with Crippen LogP contribution >= 0.6 is 0 Å². The second kappa shape index (κ2) is 62.0. The molecule has 0 fully saturated rings. The summed E-state index contributed by atoms with van der Waals surface area (Å²) in [5.41, 5.74) is 5.94. The first kappa shape index (κ1) is 118. The molecule has 9 aliphatic heterocycles. The number of anilines is 7. The third kappa shape index (κ3) is 36.1. The first-order valence-electron chi connectivity index (χ1n) is 47.1. The van der Waals surface area contributed by atoms with Crippen molar-refractivity contribution in [3.05, 3.63) is 406 Å². The molecule has 0 radical (unpaired) electrons. The fourth-order valence-corrected chi connectivity index (χ4v) is 12.4. The first-order chi connectivity index (χ1) is 70.1. The van der Waals surface area contributed by atoms with Crippen molar-refractivity contribution in [2.45, 2.75) is 122 Å². The molecular formula is C117H121N9O20. The van der Waals surface area contributed by atoms with Crippen molar-refractivity contribution >= 4 is 146 Å². The van der Waals surface area contributed by atoms with Gasteiger partial charge < -0.3 is 9.47 Å². The molecule has 0 unspecified atom stereocenters. The maximum atomic E-state index is 11.9. The van der Waals surface area contributed by atoms with E-state index in [-0.39, 0.29) is 112 Å². The maximum absolute atomic E-state index is 11.9. The highest BCUT2D eigenvalue weighted by Gasteiger charge is 2.32. The molecule has 0 atom stereocenters. The molecule has 29 nitrogen and oxygen atoms in total. The number of rotatable bonds is 13. The molecule has 0 N–H and O–H groups in total. The highest BCUT2D eigenvalue weighted by Crippen LogP contribution is 2.36. The number of hydrogen-bond acceptors (Lipinski definition) is 20. The number of likely N-dealkylation sites (N-methyl/N-ethyl adjacent to an activating group) is 2. The number of carbonyl (C=O) groups excluding carboxylic acids is 18. The van der Waals surface area contributed by atoms with Crippen LogP contribution in [-0.2, 0) is 91.7 Å². The van der Waals surface area contributed by atoms with Crippen molar-refractivity contribution < 1.29 is 95.8 Å². The summed E-state index contributed by atoms with van der Waals surface area (Å²) in [5.74, 6) is -1.90. The summed E-state index contributed by atoms with van der Waals surface area (Å²) in [7, 11) is 2.90. The molecule has 0 spiro atoms. The van der Waals surface area contributed by atoms with Crippen LogP contribution in [0.1, 0.15) is 128 Å². The zero-order chi connectivity index (χ0) is 108. The van der Waals surface area contributed by atoms with E-state index in [9.17, 15) is 86.3 Å². The average molecular weight is 1970 g/mol. The Morgan fingerprint density at radius 1 is 0.192 bits per heavy atom. The second-order valence-corrected chi connectivity index (χ2v) is 31.4. The second-order valence-electron chi connectivity index (χ2n) is 31.4. The molecule has 0 aliphatic carbocycles. The summed E-state index contributed by atoms with van der Waals surface area (Å²) in [6.45, 7) is 31.3. The predicted molar refractivity (Wildman–Crippen MR) is 568 cm³/mol. The van der Waals surface area contributed by atoms with Crippen LogP contribution in [0.3, 0.4) is 0 Å². The summed E-state index contributed by atoms with van der Waals surface area (Å²) >= 11 is 0. The lowest BCUT2D eigenvalue weighted by Crippen LogP contribution is -2.29. The van der Waals surface area contributed by atoms with E-state index < -0.39 is 0 Å². The van der Waals surface area contributed by atoms with Crippen molar-refractivity contribution in [3.63, 3.8) is 0 Å². The monoisotopic (exact) mass is 1970 g/mol. The third-order valence-electron chi connectivity index (χ3n) is 19.3. The van der Waals surface area contributed by atoms with Crippen LogP contribution in [0.5, 0.6) is 23.0 Å². The summed E-state index contributed by atoms with van der Waals surface area (Å²) in [4.78, 5) is 211. The number of imide groups is 9. The highest BCUT2D eigenvalue weighted by atomic mass is 16.5. The normalized spacial score (nSPS) is 14.2.